The molecular weight excluding hydrogens is 337 g/mol. The van der Waals surface area contributed by atoms with E-state index in [2.05, 4.69) is 4.98 Å². The number of ether oxygens (including phenoxy) is 2. The number of carbonyl (C=O) groups excluding carboxylic acids is 2. The summed E-state index contributed by atoms with van der Waals surface area (Å²) >= 11 is 0. The Labute approximate surface area is 152 Å². The zero-order valence-electron chi connectivity index (χ0n) is 15.5. The molecule has 0 aliphatic carbocycles. The first-order chi connectivity index (χ1) is 12.2. The summed E-state index contributed by atoms with van der Waals surface area (Å²) in [7, 11) is 0. The van der Waals surface area contributed by atoms with Crippen LogP contribution in [0.1, 0.15) is 44.5 Å². The van der Waals surface area contributed by atoms with Gasteiger partial charge in [-0.25, -0.2) is 9.18 Å². The lowest BCUT2D eigenvalue weighted by molar-refractivity contribution is -0.150. The molecule has 1 atom stereocenters. The Morgan fingerprint density at radius 2 is 1.92 bits per heavy atom. The molecule has 0 aliphatic heterocycles. The maximum atomic E-state index is 13.5. The van der Waals surface area contributed by atoms with Gasteiger partial charge in [0.05, 0.1) is 18.1 Å². The maximum Gasteiger partial charge on any atom is 0.340 e. The second-order valence-corrected chi connectivity index (χ2v) is 7.36. The van der Waals surface area contributed by atoms with Crippen molar-refractivity contribution in [2.45, 2.75) is 34.1 Å². The van der Waals surface area contributed by atoms with Crippen molar-refractivity contribution in [2.75, 3.05) is 13.2 Å². The van der Waals surface area contributed by atoms with Crippen LogP contribution in [-0.4, -0.2) is 30.1 Å². The number of fused-ring (bicyclic) bond motifs is 1. The van der Waals surface area contributed by atoms with Crippen molar-refractivity contribution < 1.29 is 23.5 Å². The van der Waals surface area contributed by atoms with E-state index in [0.717, 1.165) is 0 Å². The van der Waals surface area contributed by atoms with Crippen LogP contribution >= 0.6 is 0 Å². The Morgan fingerprint density at radius 1 is 1.19 bits per heavy atom. The third-order valence-corrected chi connectivity index (χ3v) is 3.84. The fourth-order valence-corrected chi connectivity index (χ4v) is 2.76. The molecule has 1 aromatic carbocycles. The molecule has 1 aromatic heterocycles. The van der Waals surface area contributed by atoms with E-state index < -0.39 is 23.7 Å². The largest absolute Gasteiger partial charge is 0.466 e. The van der Waals surface area contributed by atoms with Crippen molar-refractivity contribution in [2.24, 2.45) is 11.3 Å². The average molecular weight is 361 g/mol. The Balaban J connectivity index is 2.17. The van der Waals surface area contributed by atoms with Crippen LogP contribution in [0.3, 0.4) is 0 Å². The lowest BCUT2D eigenvalue weighted by Crippen LogP contribution is -2.28. The average Bonchev–Trinajstić information content (AvgIpc) is 2.56. The predicted octanol–water partition coefficient (Wildman–Crippen LogP) is 4.15. The highest BCUT2D eigenvalue weighted by molar-refractivity contribution is 6.03. The number of carbonyl (C=O) groups is 2. The normalized spacial score (nSPS) is 12.7. The molecule has 0 radical (unpaired) electrons. The zero-order valence-corrected chi connectivity index (χ0v) is 15.5. The van der Waals surface area contributed by atoms with Crippen LogP contribution in [0.5, 0.6) is 0 Å². The van der Waals surface area contributed by atoms with Crippen molar-refractivity contribution in [3.8, 4) is 0 Å². The van der Waals surface area contributed by atoms with Gasteiger partial charge in [-0.2, -0.15) is 0 Å². The number of halogens is 1. The van der Waals surface area contributed by atoms with Gasteiger partial charge in [0.15, 0.2) is 0 Å². The number of aromatic nitrogens is 1. The molecule has 1 heterocycles. The Hall–Kier alpha value is -2.50. The Bertz CT molecular complexity index is 798. The summed E-state index contributed by atoms with van der Waals surface area (Å²) in [5.41, 5.74) is 0.0360. The van der Waals surface area contributed by atoms with Gasteiger partial charge in [-0.1, -0.05) is 20.8 Å². The van der Waals surface area contributed by atoms with E-state index in [9.17, 15) is 14.0 Å². The SMILES string of the molecule is CCOC(=O)C(COC(=O)c1cncc2ccc(F)cc12)CC(C)(C)C. The Kier molecular flexibility index (Phi) is 6.29. The van der Waals surface area contributed by atoms with Gasteiger partial charge >= 0.3 is 11.9 Å². The van der Waals surface area contributed by atoms with Crippen molar-refractivity contribution >= 4 is 22.7 Å². The first-order valence-corrected chi connectivity index (χ1v) is 8.58. The highest BCUT2D eigenvalue weighted by Gasteiger charge is 2.28. The lowest BCUT2D eigenvalue weighted by Gasteiger charge is -2.24. The molecular formula is C20H24FNO4. The predicted molar refractivity (Wildman–Crippen MR) is 96.2 cm³/mol. The minimum atomic E-state index is -0.642. The van der Waals surface area contributed by atoms with Gasteiger partial charge < -0.3 is 9.47 Å². The van der Waals surface area contributed by atoms with Gasteiger partial charge in [0.25, 0.3) is 0 Å². The van der Waals surface area contributed by atoms with E-state index in [1.165, 1.54) is 18.3 Å². The van der Waals surface area contributed by atoms with Gasteiger partial charge in [-0.3, -0.25) is 9.78 Å². The first kappa shape index (κ1) is 19.8. The fraction of sp³-hybridized carbons (Fsp3) is 0.450. The monoisotopic (exact) mass is 361 g/mol. The summed E-state index contributed by atoms with van der Waals surface area (Å²) in [5, 5.41) is 1.06. The van der Waals surface area contributed by atoms with Crippen LogP contribution in [0.4, 0.5) is 4.39 Å². The highest BCUT2D eigenvalue weighted by atomic mass is 19.1. The van der Waals surface area contributed by atoms with Crippen LogP contribution in [0.15, 0.2) is 30.6 Å². The first-order valence-electron chi connectivity index (χ1n) is 8.58. The third-order valence-electron chi connectivity index (χ3n) is 3.84. The van der Waals surface area contributed by atoms with E-state index >= 15 is 0 Å². The quantitative estimate of drug-likeness (QED) is 0.723. The van der Waals surface area contributed by atoms with E-state index in [0.29, 0.717) is 17.2 Å². The molecule has 2 rings (SSSR count). The molecule has 0 fully saturated rings. The summed E-state index contributed by atoms with van der Waals surface area (Å²) in [4.78, 5) is 28.6. The molecule has 0 spiro atoms. The second-order valence-electron chi connectivity index (χ2n) is 7.36. The molecule has 0 aliphatic rings. The van der Waals surface area contributed by atoms with Crippen molar-refractivity contribution in [1.29, 1.82) is 0 Å². The molecule has 6 heteroatoms. The zero-order chi connectivity index (χ0) is 19.3. The summed E-state index contributed by atoms with van der Waals surface area (Å²) in [6, 6.07) is 4.13. The van der Waals surface area contributed by atoms with Gasteiger partial charge in [0.1, 0.15) is 12.4 Å². The van der Waals surface area contributed by atoms with Crippen molar-refractivity contribution in [1.82, 2.24) is 4.98 Å². The highest BCUT2D eigenvalue weighted by Crippen LogP contribution is 2.26. The van der Waals surface area contributed by atoms with Gasteiger partial charge in [-0.05, 0) is 37.0 Å². The third kappa shape index (κ3) is 5.25. The molecule has 0 bridgehead atoms. The van der Waals surface area contributed by atoms with Gasteiger partial charge in [0, 0.05) is 23.2 Å². The van der Waals surface area contributed by atoms with Crippen LogP contribution in [0.2, 0.25) is 0 Å². The van der Waals surface area contributed by atoms with E-state index in [4.69, 9.17) is 9.47 Å². The molecule has 0 saturated carbocycles. The summed E-state index contributed by atoms with van der Waals surface area (Å²) in [5.74, 6) is -2.04. The minimum Gasteiger partial charge on any atom is -0.466 e. The minimum absolute atomic E-state index is 0.0966. The van der Waals surface area contributed by atoms with Crippen LogP contribution in [0.25, 0.3) is 10.8 Å². The van der Waals surface area contributed by atoms with E-state index in [1.807, 2.05) is 20.8 Å². The molecule has 0 amide bonds. The maximum absolute atomic E-state index is 13.5. The lowest BCUT2D eigenvalue weighted by atomic mass is 9.85. The fourth-order valence-electron chi connectivity index (χ4n) is 2.76. The molecule has 0 N–H and O–H groups in total. The topological polar surface area (TPSA) is 65.5 Å². The molecule has 2 aromatic rings. The van der Waals surface area contributed by atoms with Crippen molar-refractivity contribution in [3.05, 3.63) is 42.0 Å². The van der Waals surface area contributed by atoms with E-state index in [-0.39, 0.29) is 24.2 Å². The molecule has 140 valence electrons. The molecule has 0 saturated heterocycles. The van der Waals surface area contributed by atoms with Gasteiger partial charge in [0.2, 0.25) is 0 Å². The summed E-state index contributed by atoms with van der Waals surface area (Å²) in [6.45, 7) is 7.89. The number of pyridine rings is 1. The number of rotatable bonds is 6. The smallest absolute Gasteiger partial charge is 0.340 e. The molecule has 5 nitrogen and oxygen atoms in total. The van der Waals surface area contributed by atoms with Crippen LogP contribution < -0.4 is 0 Å². The Morgan fingerprint density at radius 3 is 2.58 bits per heavy atom. The number of esters is 2. The number of hydrogen-bond acceptors (Lipinski definition) is 5. The summed E-state index contributed by atoms with van der Waals surface area (Å²) in [6.07, 6.45) is 3.40. The second kappa shape index (κ2) is 8.25. The van der Waals surface area contributed by atoms with Crippen LogP contribution in [-0.2, 0) is 14.3 Å². The molecule has 26 heavy (non-hydrogen) atoms. The van der Waals surface area contributed by atoms with Crippen molar-refractivity contribution in [3.63, 3.8) is 0 Å². The van der Waals surface area contributed by atoms with Gasteiger partial charge in [-0.15, -0.1) is 0 Å². The standard InChI is InChI=1S/C20H24FNO4/c1-5-25-18(23)14(9-20(2,3)4)12-26-19(24)17-11-22-10-13-6-7-15(21)8-16(13)17/h6-8,10-11,14H,5,9,12H2,1-4H3. The van der Waals surface area contributed by atoms with E-state index in [1.54, 1.807) is 19.2 Å². The molecule has 1 unspecified atom stereocenters. The number of benzene rings is 1. The van der Waals surface area contributed by atoms with Crippen LogP contribution in [0, 0.1) is 17.2 Å². The number of hydrogen-bond donors (Lipinski definition) is 0. The summed E-state index contributed by atoms with van der Waals surface area (Å²) < 4.78 is 24.0. The number of nitrogens with zero attached hydrogens (tertiary/aromatic N) is 1.